The largest absolute Gasteiger partial charge is 0.368 e. The van der Waals surface area contributed by atoms with E-state index in [2.05, 4.69) is 35.5 Å². The molecule has 25 heavy (non-hydrogen) atoms. The van der Waals surface area contributed by atoms with Crippen molar-refractivity contribution in [1.82, 2.24) is 30.1 Å². The summed E-state index contributed by atoms with van der Waals surface area (Å²) >= 11 is 1.48. The van der Waals surface area contributed by atoms with Crippen LogP contribution in [-0.2, 0) is 5.75 Å². The van der Waals surface area contributed by atoms with Crippen LogP contribution in [0.5, 0.6) is 0 Å². The zero-order chi connectivity index (χ0) is 17.2. The average molecular weight is 354 g/mol. The highest BCUT2D eigenvalue weighted by molar-refractivity contribution is 7.98. The topological polar surface area (TPSA) is 118 Å². The molecule has 0 radical (unpaired) electrons. The molecule has 8 nitrogen and oxygen atoms in total. The Labute approximate surface area is 149 Å². The SMILES string of the molecule is Cc1ccccc1Nc1nc(N)nc(CSc2n[nH]c(C3CC3)n2)n1. The van der Waals surface area contributed by atoms with Gasteiger partial charge in [0.1, 0.15) is 11.6 Å². The predicted octanol–water partition coefficient (Wildman–Crippen LogP) is 2.79. The highest BCUT2D eigenvalue weighted by Gasteiger charge is 2.27. The number of rotatable bonds is 6. The van der Waals surface area contributed by atoms with E-state index < -0.39 is 0 Å². The van der Waals surface area contributed by atoms with Gasteiger partial charge in [-0.1, -0.05) is 30.0 Å². The number of hydrogen-bond acceptors (Lipinski definition) is 8. The van der Waals surface area contributed by atoms with Crippen molar-refractivity contribution in [3.63, 3.8) is 0 Å². The number of nitrogens with two attached hydrogens (primary N) is 1. The van der Waals surface area contributed by atoms with Gasteiger partial charge in [-0.2, -0.15) is 15.0 Å². The van der Waals surface area contributed by atoms with E-state index in [1.807, 2.05) is 31.2 Å². The summed E-state index contributed by atoms with van der Waals surface area (Å²) in [4.78, 5) is 17.3. The van der Waals surface area contributed by atoms with Crippen LogP contribution >= 0.6 is 11.8 Å². The van der Waals surface area contributed by atoms with Gasteiger partial charge in [-0.3, -0.25) is 5.10 Å². The summed E-state index contributed by atoms with van der Waals surface area (Å²) in [6.45, 7) is 2.02. The van der Waals surface area contributed by atoms with Crippen molar-refractivity contribution in [2.45, 2.75) is 36.6 Å². The smallest absolute Gasteiger partial charge is 0.232 e. The molecule has 4 N–H and O–H groups in total. The van der Waals surface area contributed by atoms with Crippen LogP contribution in [0.3, 0.4) is 0 Å². The van der Waals surface area contributed by atoms with E-state index in [0.29, 0.717) is 28.6 Å². The first-order chi connectivity index (χ1) is 12.2. The third-order valence-electron chi connectivity index (χ3n) is 3.87. The van der Waals surface area contributed by atoms with Crippen molar-refractivity contribution in [1.29, 1.82) is 0 Å². The number of hydrogen-bond donors (Lipinski definition) is 3. The molecular weight excluding hydrogens is 336 g/mol. The molecule has 0 spiro atoms. The summed E-state index contributed by atoms with van der Waals surface area (Å²) in [5, 5.41) is 11.1. The molecular formula is C16H18N8S. The van der Waals surface area contributed by atoms with Gasteiger partial charge in [-0.15, -0.1) is 5.10 Å². The van der Waals surface area contributed by atoms with Crippen LogP contribution in [0.15, 0.2) is 29.4 Å². The van der Waals surface area contributed by atoms with Crippen molar-refractivity contribution in [2.75, 3.05) is 11.1 Å². The molecule has 1 saturated carbocycles. The van der Waals surface area contributed by atoms with Gasteiger partial charge in [-0.25, -0.2) is 4.98 Å². The van der Waals surface area contributed by atoms with Crippen molar-refractivity contribution < 1.29 is 0 Å². The van der Waals surface area contributed by atoms with E-state index in [1.165, 1.54) is 24.6 Å². The van der Waals surface area contributed by atoms with Crippen molar-refractivity contribution in [3.05, 3.63) is 41.5 Å². The Hall–Kier alpha value is -2.68. The monoisotopic (exact) mass is 354 g/mol. The zero-order valence-electron chi connectivity index (χ0n) is 13.7. The van der Waals surface area contributed by atoms with Gasteiger partial charge < -0.3 is 11.1 Å². The third kappa shape index (κ3) is 3.87. The van der Waals surface area contributed by atoms with Gasteiger partial charge in [0.15, 0.2) is 0 Å². The number of benzene rings is 1. The van der Waals surface area contributed by atoms with Crippen LogP contribution in [0, 0.1) is 6.92 Å². The zero-order valence-corrected chi connectivity index (χ0v) is 14.5. The third-order valence-corrected chi connectivity index (χ3v) is 4.71. The number of nitrogen functional groups attached to an aromatic ring is 1. The molecule has 1 aliphatic carbocycles. The quantitative estimate of drug-likeness (QED) is 0.578. The second-order valence-electron chi connectivity index (χ2n) is 5.94. The number of aryl methyl sites for hydroxylation is 1. The summed E-state index contributed by atoms with van der Waals surface area (Å²) in [5.41, 5.74) is 7.87. The minimum Gasteiger partial charge on any atom is -0.368 e. The molecule has 1 aliphatic rings. The number of aromatic amines is 1. The van der Waals surface area contributed by atoms with E-state index in [4.69, 9.17) is 5.73 Å². The Balaban J connectivity index is 1.46. The fourth-order valence-corrected chi connectivity index (χ4v) is 3.04. The van der Waals surface area contributed by atoms with Crippen LogP contribution < -0.4 is 11.1 Å². The van der Waals surface area contributed by atoms with Crippen molar-refractivity contribution in [2.24, 2.45) is 0 Å². The summed E-state index contributed by atoms with van der Waals surface area (Å²) in [5.74, 6) is 3.27. The first kappa shape index (κ1) is 15.8. The highest BCUT2D eigenvalue weighted by atomic mass is 32.2. The fourth-order valence-electron chi connectivity index (χ4n) is 2.38. The summed E-state index contributed by atoms with van der Waals surface area (Å²) in [6, 6.07) is 7.93. The molecule has 0 unspecified atom stereocenters. The maximum absolute atomic E-state index is 5.82. The number of thioether (sulfide) groups is 1. The molecule has 1 fully saturated rings. The number of H-pyrrole nitrogens is 1. The summed E-state index contributed by atoms with van der Waals surface area (Å²) < 4.78 is 0. The minimum absolute atomic E-state index is 0.190. The second kappa shape index (κ2) is 6.67. The van der Waals surface area contributed by atoms with E-state index in [1.54, 1.807) is 0 Å². The molecule has 0 saturated heterocycles. The molecule has 0 amide bonds. The van der Waals surface area contributed by atoms with Crippen LogP contribution in [-0.4, -0.2) is 30.1 Å². The fraction of sp³-hybridized carbons (Fsp3) is 0.312. The average Bonchev–Trinajstić information content (AvgIpc) is 3.33. The van der Waals surface area contributed by atoms with Gasteiger partial charge in [-0.05, 0) is 31.4 Å². The first-order valence-electron chi connectivity index (χ1n) is 8.05. The molecule has 0 bridgehead atoms. The van der Waals surface area contributed by atoms with Crippen LogP contribution in [0.4, 0.5) is 17.6 Å². The minimum atomic E-state index is 0.190. The Kier molecular flexibility index (Phi) is 4.22. The Morgan fingerprint density at radius 1 is 1.20 bits per heavy atom. The maximum atomic E-state index is 5.82. The Bertz CT molecular complexity index is 889. The van der Waals surface area contributed by atoms with Gasteiger partial charge in [0.25, 0.3) is 0 Å². The molecule has 4 rings (SSSR count). The van der Waals surface area contributed by atoms with Crippen LogP contribution in [0.2, 0.25) is 0 Å². The van der Waals surface area contributed by atoms with Crippen molar-refractivity contribution >= 4 is 29.3 Å². The number of nitrogens with one attached hydrogen (secondary N) is 2. The molecule has 3 aromatic rings. The maximum Gasteiger partial charge on any atom is 0.232 e. The van der Waals surface area contributed by atoms with E-state index in [0.717, 1.165) is 17.1 Å². The normalized spacial score (nSPS) is 13.8. The van der Waals surface area contributed by atoms with Crippen LogP contribution in [0.1, 0.15) is 36.0 Å². The second-order valence-corrected chi connectivity index (χ2v) is 6.88. The van der Waals surface area contributed by atoms with Gasteiger partial charge >= 0.3 is 0 Å². The van der Waals surface area contributed by atoms with Gasteiger partial charge in [0.2, 0.25) is 17.1 Å². The van der Waals surface area contributed by atoms with Gasteiger partial charge in [0.05, 0.1) is 5.75 Å². The molecule has 128 valence electrons. The summed E-state index contributed by atoms with van der Waals surface area (Å²) in [7, 11) is 0. The van der Waals surface area contributed by atoms with Crippen molar-refractivity contribution in [3.8, 4) is 0 Å². The lowest BCUT2D eigenvalue weighted by molar-refractivity contribution is 0.931. The number of nitrogens with zero attached hydrogens (tertiary/aromatic N) is 5. The van der Waals surface area contributed by atoms with Crippen LogP contribution in [0.25, 0.3) is 0 Å². The van der Waals surface area contributed by atoms with E-state index in [-0.39, 0.29) is 5.95 Å². The lowest BCUT2D eigenvalue weighted by atomic mass is 10.2. The number of para-hydroxylation sites is 1. The first-order valence-corrected chi connectivity index (χ1v) is 9.04. The molecule has 2 aromatic heterocycles. The molecule has 2 heterocycles. The lowest BCUT2D eigenvalue weighted by Gasteiger charge is -2.09. The number of aromatic nitrogens is 6. The predicted molar refractivity (Wildman–Crippen MR) is 96.6 cm³/mol. The van der Waals surface area contributed by atoms with E-state index in [9.17, 15) is 0 Å². The Morgan fingerprint density at radius 2 is 2.04 bits per heavy atom. The summed E-state index contributed by atoms with van der Waals surface area (Å²) in [6.07, 6.45) is 2.38. The van der Waals surface area contributed by atoms with E-state index >= 15 is 0 Å². The van der Waals surface area contributed by atoms with Gasteiger partial charge in [0, 0.05) is 11.6 Å². The lowest BCUT2D eigenvalue weighted by Crippen LogP contribution is -2.07. The molecule has 1 aromatic carbocycles. The molecule has 0 atom stereocenters. The molecule has 9 heteroatoms. The highest BCUT2D eigenvalue weighted by Crippen LogP contribution is 2.38. The standard InChI is InChI=1S/C16H18N8S/c1-9-4-2-3-5-11(9)18-15-20-12(19-14(17)22-15)8-25-16-21-13(23-24-16)10-6-7-10/h2-5,10H,6-8H2,1H3,(H,21,23,24)(H3,17,18,19,20,22). The molecule has 0 aliphatic heterocycles. The Morgan fingerprint density at radius 3 is 2.84 bits per heavy atom. The number of anilines is 3.